The summed E-state index contributed by atoms with van der Waals surface area (Å²) in [5.41, 5.74) is 0. The van der Waals surface area contributed by atoms with Gasteiger partial charge in [0.05, 0.1) is 0 Å². The van der Waals surface area contributed by atoms with Crippen molar-refractivity contribution in [3.05, 3.63) is 0 Å². The van der Waals surface area contributed by atoms with Crippen LogP contribution in [0.1, 0.15) is 39.0 Å². The Bertz CT molecular complexity index is 169. The van der Waals surface area contributed by atoms with Crippen LogP contribution in [0.25, 0.3) is 0 Å². The predicted octanol–water partition coefficient (Wildman–Crippen LogP) is 1.99. The summed E-state index contributed by atoms with van der Waals surface area (Å²) >= 11 is 5.31. The first kappa shape index (κ1) is 10.8. The maximum atomic E-state index is 11.3. The summed E-state index contributed by atoms with van der Waals surface area (Å²) in [5, 5.41) is 0. The number of carbonyl (C=O) groups is 1. The smallest absolute Gasteiger partial charge is 0.324 e. The summed E-state index contributed by atoms with van der Waals surface area (Å²) in [6.45, 7) is 1.69. The van der Waals surface area contributed by atoms with Crippen LogP contribution in [0.15, 0.2) is 0 Å². The summed E-state index contributed by atoms with van der Waals surface area (Å²) < 4.78 is 5.26. The minimum Gasteiger partial charge on any atom is -0.461 e. The Labute approximate surface area is 83.9 Å². The maximum Gasteiger partial charge on any atom is 0.324 e. The molecule has 1 N–H and O–H groups in total. The Balaban J connectivity index is 2.26. The van der Waals surface area contributed by atoms with Gasteiger partial charge in [-0.2, -0.15) is 0 Å². The molecule has 0 unspecified atom stereocenters. The molecule has 13 heavy (non-hydrogen) atoms. The number of nitrogens with one attached hydrogen (secondary N) is 1. The zero-order chi connectivity index (χ0) is 9.68. The summed E-state index contributed by atoms with van der Waals surface area (Å²) in [4.78, 5) is 13.6. The SMILES string of the molecule is C[C@H](NCl)C(=O)OC1CCCCC1. The molecule has 0 radical (unpaired) electrons. The Morgan fingerprint density at radius 3 is 2.62 bits per heavy atom. The molecule has 0 heterocycles. The van der Waals surface area contributed by atoms with Gasteiger partial charge >= 0.3 is 5.97 Å². The van der Waals surface area contributed by atoms with E-state index < -0.39 is 6.04 Å². The molecule has 1 atom stereocenters. The van der Waals surface area contributed by atoms with Crippen molar-refractivity contribution >= 4 is 17.7 Å². The molecule has 0 aromatic carbocycles. The first-order valence-corrected chi connectivity index (χ1v) is 5.18. The Hall–Kier alpha value is -0.280. The van der Waals surface area contributed by atoms with E-state index >= 15 is 0 Å². The van der Waals surface area contributed by atoms with E-state index in [0.717, 1.165) is 12.8 Å². The monoisotopic (exact) mass is 205 g/mol. The van der Waals surface area contributed by atoms with Crippen molar-refractivity contribution in [2.75, 3.05) is 0 Å². The number of esters is 1. The van der Waals surface area contributed by atoms with Crippen LogP contribution in [0.4, 0.5) is 0 Å². The van der Waals surface area contributed by atoms with Gasteiger partial charge in [0.2, 0.25) is 0 Å². The van der Waals surface area contributed by atoms with Crippen molar-refractivity contribution in [3.63, 3.8) is 0 Å². The van der Waals surface area contributed by atoms with Gasteiger partial charge in [0.25, 0.3) is 0 Å². The lowest BCUT2D eigenvalue weighted by atomic mass is 9.98. The van der Waals surface area contributed by atoms with Crippen LogP contribution in [0.2, 0.25) is 0 Å². The van der Waals surface area contributed by atoms with Gasteiger partial charge in [-0.1, -0.05) is 6.42 Å². The molecule has 3 nitrogen and oxygen atoms in total. The van der Waals surface area contributed by atoms with Crippen molar-refractivity contribution in [2.24, 2.45) is 0 Å². The van der Waals surface area contributed by atoms with Crippen molar-refractivity contribution in [1.29, 1.82) is 0 Å². The highest BCUT2D eigenvalue weighted by atomic mass is 35.5. The Kier molecular flexibility index (Phi) is 4.53. The van der Waals surface area contributed by atoms with Gasteiger partial charge in [-0.15, -0.1) is 0 Å². The molecule has 4 heteroatoms. The van der Waals surface area contributed by atoms with Crippen molar-refractivity contribution in [3.8, 4) is 0 Å². The van der Waals surface area contributed by atoms with Crippen LogP contribution >= 0.6 is 11.8 Å². The van der Waals surface area contributed by atoms with E-state index in [0.29, 0.717) is 0 Å². The van der Waals surface area contributed by atoms with E-state index in [1.165, 1.54) is 19.3 Å². The summed E-state index contributed by atoms with van der Waals surface area (Å²) in [6.07, 6.45) is 5.72. The van der Waals surface area contributed by atoms with E-state index in [-0.39, 0.29) is 12.1 Å². The molecule has 0 spiro atoms. The third-order valence-corrected chi connectivity index (χ3v) is 2.68. The molecule has 0 saturated heterocycles. The lowest BCUT2D eigenvalue weighted by Gasteiger charge is -2.22. The molecule has 0 aromatic rings. The van der Waals surface area contributed by atoms with Crippen LogP contribution in [-0.4, -0.2) is 18.1 Å². The van der Waals surface area contributed by atoms with Crippen LogP contribution in [0.5, 0.6) is 0 Å². The molecule has 1 aliphatic rings. The minimum absolute atomic E-state index is 0.119. The first-order chi connectivity index (χ1) is 6.24. The molecular weight excluding hydrogens is 190 g/mol. The first-order valence-electron chi connectivity index (χ1n) is 4.80. The molecule has 1 fully saturated rings. The van der Waals surface area contributed by atoms with Crippen molar-refractivity contribution in [2.45, 2.75) is 51.2 Å². The van der Waals surface area contributed by atoms with Crippen LogP contribution in [0.3, 0.4) is 0 Å². The van der Waals surface area contributed by atoms with Gasteiger partial charge in [-0.05, 0) is 44.4 Å². The van der Waals surface area contributed by atoms with Gasteiger partial charge in [0.15, 0.2) is 0 Å². The predicted molar refractivity (Wildman–Crippen MR) is 51.4 cm³/mol. The van der Waals surface area contributed by atoms with E-state index in [1.54, 1.807) is 6.92 Å². The maximum absolute atomic E-state index is 11.3. The van der Waals surface area contributed by atoms with Crippen molar-refractivity contribution in [1.82, 2.24) is 4.84 Å². The van der Waals surface area contributed by atoms with Crippen LogP contribution < -0.4 is 4.84 Å². The summed E-state index contributed by atoms with van der Waals surface area (Å²) in [5.74, 6) is -0.248. The number of hydrogen-bond acceptors (Lipinski definition) is 3. The second-order valence-corrected chi connectivity index (χ2v) is 3.75. The van der Waals surface area contributed by atoms with Gasteiger partial charge < -0.3 is 4.74 Å². The number of hydrogen-bond donors (Lipinski definition) is 1. The standard InChI is InChI=1S/C9H16ClNO2/c1-7(11-10)9(12)13-8-5-3-2-4-6-8/h7-8,11H,2-6H2,1H3/t7-/m0/s1. The lowest BCUT2D eigenvalue weighted by Crippen LogP contribution is -2.33. The molecule has 1 saturated carbocycles. The largest absolute Gasteiger partial charge is 0.461 e. The normalized spacial score (nSPS) is 21.1. The fourth-order valence-corrected chi connectivity index (χ4v) is 1.58. The fourth-order valence-electron chi connectivity index (χ4n) is 1.49. The second-order valence-electron chi connectivity index (χ2n) is 3.53. The molecule has 1 rings (SSSR count). The number of rotatable bonds is 3. The molecule has 76 valence electrons. The van der Waals surface area contributed by atoms with E-state index in [4.69, 9.17) is 16.5 Å². The Morgan fingerprint density at radius 2 is 2.08 bits per heavy atom. The molecule has 0 aliphatic heterocycles. The average molecular weight is 206 g/mol. The number of ether oxygens (including phenoxy) is 1. The fraction of sp³-hybridized carbons (Fsp3) is 0.889. The lowest BCUT2D eigenvalue weighted by molar-refractivity contribution is -0.152. The van der Waals surface area contributed by atoms with Gasteiger partial charge in [0.1, 0.15) is 12.1 Å². The average Bonchev–Trinajstić information content (AvgIpc) is 2.18. The second kappa shape index (κ2) is 5.45. The van der Waals surface area contributed by atoms with E-state index in [9.17, 15) is 4.79 Å². The highest BCUT2D eigenvalue weighted by molar-refractivity contribution is 6.14. The molecule has 0 bridgehead atoms. The topological polar surface area (TPSA) is 38.3 Å². The number of carbonyl (C=O) groups excluding carboxylic acids is 1. The quantitative estimate of drug-likeness (QED) is 0.566. The molecular formula is C9H16ClNO2. The molecule has 0 aromatic heterocycles. The zero-order valence-corrected chi connectivity index (χ0v) is 8.64. The van der Waals surface area contributed by atoms with E-state index in [1.807, 2.05) is 0 Å². The van der Waals surface area contributed by atoms with Crippen LogP contribution in [-0.2, 0) is 9.53 Å². The Morgan fingerprint density at radius 1 is 1.46 bits per heavy atom. The highest BCUT2D eigenvalue weighted by Crippen LogP contribution is 2.20. The molecule has 0 amide bonds. The third-order valence-electron chi connectivity index (χ3n) is 2.35. The summed E-state index contributed by atoms with van der Waals surface area (Å²) in [6, 6.07) is -0.413. The van der Waals surface area contributed by atoms with Crippen LogP contribution in [0, 0.1) is 0 Å². The number of halogens is 1. The van der Waals surface area contributed by atoms with Crippen molar-refractivity contribution < 1.29 is 9.53 Å². The molecule has 1 aliphatic carbocycles. The highest BCUT2D eigenvalue weighted by Gasteiger charge is 2.20. The van der Waals surface area contributed by atoms with E-state index in [2.05, 4.69) is 4.84 Å². The summed E-state index contributed by atoms with van der Waals surface area (Å²) in [7, 11) is 0. The van der Waals surface area contributed by atoms with Gasteiger partial charge in [0, 0.05) is 0 Å². The minimum atomic E-state index is -0.413. The van der Waals surface area contributed by atoms with Gasteiger partial charge in [-0.25, -0.2) is 4.84 Å². The third kappa shape index (κ3) is 3.53. The van der Waals surface area contributed by atoms with Gasteiger partial charge in [-0.3, -0.25) is 4.79 Å². The zero-order valence-electron chi connectivity index (χ0n) is 7.88.